The second-order valence-corrected chi connectivity index (χ2v) is 4.94. The first-order valence-electron chi connectivity index (χ1n) is 6.50. The van der Waals surface area contributed by atoms with Crippen LogP contribution in [0.3, 0.4) is 0 Å². The van der Waals surface area contributed by atoms with Crippen molar-refractivity contribution in [1.29, 1.82) is 0 Å². The van der Waals surface area contributed by atoms with Crippen LogP contribution in [0.2, 0.25) is 0 Å². The molecular formula is C13H13F3N2O4. The summed E-state index contributed by atoms with van der Waals surface area (Å²) in [5, 5.41) is 8.99. The predicted molar refractivity (Wildman–Crippen MR) is 68.1 cm³/mol. The maximum absolute atomic E-state index is 12.6. The molecular weight excluding hydrogens is 305 g/mol. The summed E-state index contributed by atoms with van der Waals surface area (Å²) in [4.78, 5) is 35.9. The van der Waals surface area contributed by atoms with Gasteiger partial charge in [0.05, 0.1) is 0 Å². The zero-order chi connectivity index (χ0) is 16.5. The highest BCUT2D eigenvalue weighted by Crippen LogP contribution is 2.26. The summed E-state index contributed by atoms with van der Waals surface area (Å²) in [7, 11) is 0. The summed E-state index contributed by atoms with van der Waals surface area (Å²) >= 11 is 0. The van der Waals surface area contributed by atoms with Crippen molar-refractivity contribution >= 4 is 11.9 Å². The lowest BCUT2D eigenvalue weighted by Gasteiger charge is -2.22. The van der Waals surface area contributed by atoms with Gasteiger partial charge >= 0.3 is 12.1 Å². The van der Waals surface area contributed by atoms with Crippen LogP contribution in [0.1, 0.15) is 18.4 Å². The lowest BCUT2D eigenvalue weighted by molar-refractivity contribution is -0.148. The molecule has 6 nitrogen and oxygen atoms in total. The van der Waals surface area contributed by atoms with Crippen molar-refractivity contribution in [2.24, 2.45) is 0 Å². The highest BCUT2D eigenvalue weighted by atomic mass is 19.4. The minimum Gasteiger partial charge on any atom is -0.480 e. The topological polar surface area (TPSA) is 79.6 Å². The van der Waals surface area contributed by atoms with E-state index < -0.39 is 41.8 Å². The average molecular weight is 318 g/mol. The van der Waals surface area contributed by atoms with E-state index in [-0.39, 0.29) is 6.54 Å². The third kappa shape index (κ3) is 3.12. The zero-order valence-electron chi connectivity index (χ0n) is 11.3. The number of aromatic nitrogens is 1. The van der Waals surface area contributed by atoms with E-state index in [0.29, 0.717) is 23.5 Å². The Morgan fingerprint density at radius 1 is 1.36 bits per heavy atom. The minimum atomic E-state index is -4.81. The van der Waals surface area contributed by atoms with Crippen LogP contribution in [0.25, 0.3) is 0 Å². The third-order valence-electron chi connectivity index (χ3n) is 3.49. The molecule has 0 unspecified atom stereocenters. The zero-order valence-corrected chi connectivity index (χ0v) is 11.3. The first kappa shape index (κ1) is 16.1. The molecule has 0 spiro atoms. The number of carboxylic acids is 1. The molecule has 1 aliphatic rings. The predicted octanol–water partition coefficient (Wildman–Crippen LogP) is 0.943. The lowest BCUT2D eigenvalue weighted by Crippen LogP contribution is -2.43. The SMILES string of the molecule is O=C(O)[C@H]1CCCN1C(=O)Cn1cccc(C(F)(F)F)c1=O. The van der Waals surface area contributed by atoms with E-state index in [1.807, 2.05) is 0 Å². The lowest BCUT2D eigenvalue weighted by atomic mass is 10.2. The van der Waals surface area contributed by atoms with Crippen molar-refractivity contribution in [1.82, 2.24) is 9.47 Å². The highest BCUT2D eigenvalue weighted by Gasteiger charge is 2.36. The number of pyridine rings is 1. The van der Waals surface area contributed by atoms with E-state index >= 15 is 0 Å². The second kappa shape index (κ2) is 5.82. The number of carbonyl (C=O) groups is 2. The van der Waals surface area contributed by atoms with Gasteiger partial charge in [-0.2, -0.15) is 13.2 Å². The van der Waals surface area contributed by atoms with Crippen LogP contribution in [-0.2, 0) is 22.3 Å². The monoisotopic (exact) mass is 318 g/mol. The first-order valence-corrected chi connectivity index (χ1v) is 6.50. The summed E-state index contributed by atoms with van der Waals surface area (Å²) in [5.41, 5.74) is -2.69. The van der Waals surface area contributed by atoms with Gasteiger partial charge in [-0.05, 0) is 25.0 Å². The highest BCUT2D eigenvalue weighted by molar-refractivity contribution is 5.84. The Kier molecular flexibility index (Phi) is 4.25. The van der Waals surface area contributed by atoms with Crippen molar-refractivity contribution in [3.05, 3.63) is 34.2 Å². The van der Waals surface area contributed by atoms with Gasteiger partial charge in [0, 0.05) is 12.7 Å². The maximum Gasteiger partial charge on any atom is 0.421 e. The number of hydrogen-bond donors (Lipinski definition) is 1. The summed E-state index contributed by atoms with van der Waals surface area (Å²) < 4.78 is 38.6. The normalized spacial score (nSPS) is 18.5. The van der Waals surface area contributed by atoms with Crippen molar-refractivity contribution in [2.45, 2.75) is 31.6 Å². The molecule has 0 bridgehead atoms. The number of likely N-dealkylation sites (tertiary alicyclic amines) is 1. The van der Waals surface area contributed by atoms with Gasteiger partial charge in [-0.15, -0.1) is 0 Å². The molecule has 0 aromatic carbocycles. The largest absolute Gasteiger partial charge is 0.480 e. The number of nitrogens with zero attached hydrogens (tertiary/aromatic N) is 2. The Labute approximate surface area is 122 Å². The van der Waals surface area contributed by atoms with E-state index in [4.69, 9.17) is 5.11 Å². The molecule has 2 heterocycles. The Hall–Kier alpha value is -2.32. The summed E-state index contributed by atoms with van der Waals surface area (Å²) in [6.45, 7) is -0.407. The number of aliphatic carboxylic acids is 1. The van der Waals surface area contributed by atoms with Gasteiger partial charge in [0.1, 0.15) is 18.2 Å². The maximum atomic E-state index is 12.6. The van der Waals surface area contributed by atoms with Crippen molar-refractivity contribution < 1.29 is 27.9 Å². The van der Waals surface area contributed by atoms with Gasteiger partial charge in [0.25, 0.3) is 5.56 Å². The molecule has 1 amide bonds. The molecule has 1 aliphatic heterocycles. The molecule has 0 saturated carbocycles. The smallest absolute Gasteiger partial charge is 0.421 e. The van der Waals surface area contributed by atoms with Gasteiger partial charge in [-0.3, -0.25) is 9.59 Å². The fourth-order valence-corrected chi connectivity index (χ4v) is 2.44. The quantitative estimate of drug-likeness (QED) is 0.899. The minimum absolute atomic E-state index is 0.212. The van der Waals surface area contributed by atoms with Crippen molar-refractivity contribution in [3.8, 4) is 0 Å². The molecule has 1 saturated heterocycles. The number of carbonyl (C=O) groups excluding carboxylic acids is 1. The van der Waals surface area contributed by atoms with E-state index in [2.05, 4.69) is 0 Å². The van der Waals surface area contributed by atoms with Crippen molar-refractivity contribution in [2.75, 3.05) is 6.54 Å². The van der Waals surface area contributed by atoms with E-state index in [9.17, 15) is 27.6 Å². The first-order chi connectivity index (χ1) is 10.2. The molecule has 9 heteroatoms. The molecule has 2 rings (SSSR count). The molecule has 22 heavy (non-hydrogen) atoms. The fraction of sp³-hybridized carbons (Fsp3) is 0.462. The molecule has 120 valence electrons. The Balaban J connectivity index is 2.23. The van der Waals surface area contributed by atoms with Crippen LogP contribution < -0.4 is 5.56 Å². The number of halogens is 3. The average Bonchev–Trinajstić information content (AvgIpc) is 2.89. The second-order valence-electron chi connectivity index (χ2n) is 4.94. The Morgan fingerprint density at radius 2 is 2.05 bits per heavy atom. The van der Waals surface area contributed by atoms with Gasteiger partial charge < -0.3 is 14.6 Å². The molecule has 1 atom stereocenters. The molecule has 1 aromatic rings. The van der Waals surface area contributed by atoms with Gasteiger partial charge in [-0.25, -0.2) is 4.79 Å². The summed E-state index contributed by atoms with van der Waals surface area (Å²) in [6, 6.07) is 0.670. The number of alkyl halides is 3. The van der Waals surface area contributed by atoms with E-state index in [1.165, 1.54) is 0 Å². The number of carboxylic acid groups (broad SMARTS) is 1. The molecule has 1 N–H and O–H groups in total. The standard InChI is InChI=1S/C13H13F3N2O4/c14-13(15,16)8-3-1-5-17(11(8)20)7-10(19)18-6-2-4-9(18)12(21)22/h1,3,5,9H,2,4,6-7H2,(H,21,22)/t9-/m1/s1. The van der Waals surface area contributed by atoms with Crippen LogP contribution in [0, 0.1) is 0 Å². The van der Waals surface area contributed by atoms with Gasteiger partial charge in [0.2, 0.25) is 5.91 Å². The molecule has 0 radical (unpaired) electrons. The van der Waals surface area contributed by atoms with Crippen LogP contribution >= 0.6 is 0 Å². The molecule has 1 fully saturated rings. The van der Waals surface area contributed by atoms with Crippen LogP contribution in [0.4, 0.5) is 13.2 Å². The van der Waals surface area contributed by atoms with Gasteiger partial charge in [-0.1, -0.05) is 0 Å². The summed E-state index contributed by atoms with van der Waals surface area (Å²) in [5.74, 6) is -1.85. The number of rotatable bonds is 3. The van der Waals surface area contributed by atoms with Gasteiger partial charge in [0.15, 0.2) is 0 Å². The number of hydrogen-bond acceptors (Lipinski definition) is 3. The van der Waals surface area contributed by atoms with E-state index in [1.54, 1.807) is 0 Å². The molecule has 1 aromatic heterocycles. The Morgan fingerprint density at radius 3 is 2.64 bits per heavy atom. The van der Waals surface area contributed by atoms with Crippen LogP contribution in [0.15, 0.2) is 23.1 Å². The van der Waals surface area contributed by atoms with Crippen molar-refractivity contribution in [3.63, 3.8) is 0 Å². The third-order valence-corrected chi connectivity index (χ3v) is 3.49. The fourth-order valence-electron chi connectivity index (χ4n) is 2.44. The van der Waals surface area contributed by atoms with Crippen LogP contribution in [0.5, 0.6) is 0 Å². The van der Waals surface area contributed by atoms with Crippen LogP contribution in [-0.4, -0.2) is 39.0 Å². The Bertz CT molecular complexity index is 653. The molecule has 0 aliphatic carbocycles. The van der Waals surface area contributed by atoms with E-state index in [0.717, 1.165) is 17.2 Å². The number of amides is 1. The summed E-state index contributed by atoms with van der Waals surface area (Å²) in [6.07, 6.45) is -2.94.